The van der Waals surface area contributed by atoms with E-state index >= 15 is 0 Å². The second kappa shape index (κ2) is 3.09. The van der Waals surface area contributed by atoms with E-state index in [-0.39, 0.29) is 0 Å². The van der Waals surface area contributed by atoms with Crippen molar-refractivity contribution in [2.75, 3.05) is 19.6 Å². The summed E-state index contributed by atoms with van der Waals surface area (Å²) in [5.74, 6) is 0. The fourth-order valence-electron chi connectivity index (χ4n) is 1.33. The predicted octanol–water partition coefficient (Wildman–Crippen LogP) is -0.210. The van der Waals surface area contributed by atoms with Gasteiger partial charge in [-0.25, -0.2) is 0 Å². The Kier molecular flexibility index (Phi) is 2.52. The van der Waals surface area contributed by atoms with Crippen LogP contribution in [0.5, 0.6) is 0 Å². The first kappa shape index (κ1) is 8.97. The molecule has 0 bridgehead atoms. The Morgan fingerprint density at radius 2 is 2.18 bits per heavy atom. The van der Waals surface area contributed by atoms with Crippen molar-refractivity contribution >= 4 is 0 Å². The number of likely N-dealkylation sites (tertiary alicyclic amines) is 1. The molecule has 0 radical (unpaired) electrons. The molecular weight excluding hydrogens is 140 g/mol. The molecule has 3 heteroatoms. The lowest BCUT2D eigenvalue weighted by Gasteiger charge is -2.40. The first-order valence-corrected chi connectivity index (χ1v) is 4.24. The molecule has 0 aliphatic carbocycles. The topological polar surface area (TPSA) is 49.5 Å². The van der Waals surface area contributed by atoms with Crippen LogP contribution in [0.1, 0.15) is 20.3 Å². The highest BCUT2D eigenvalue weighted by Gasteiger charge is 2.29. The molecule has 3 nitrogen and oxygen atoms in total. The highest BCUT2D eigenvalue weighted by molar-refractivity contribution is 4.87. The standard InChI is InChI=1S/C8H18N2O/c1-3-8(2,11)6-10-4-7(9)5-10/h7,11H,3-6,9H2,1-2H3. The molecule has 0 aromatic rings. The van der Waals surface area contributed by atoms with E-state index in [0.717, 1.165) is 26.1 Å². The quantitative estimate of drug-likeness (QED) is 0.597. The van der Waals surface area contributed by atoms with Crippen LogP contribution in [0, 0.1) is 0 Å². The van der Waals surface area contributed by atoms with E-state index in [9.17, 15) is 5.11 Å². The van der Waals surface area contributed by atoms with Crippen LogP contribution in [-0.2, 0) is 0 Å². The van der Waals surface area contributed by atoms with Gasteiger partial charge in [0.2, 0.25) is 0 Å². The Bertz CT molecular complexity index is 130. The van der Waals surface area contributed by atoms with E-state index in [2.05, 4.69) is 4.90 Å². The molecule has 0 spiro atoms. The fraction of sp³-hybridized carbons (Fsp3) is 1.00. The van der Waals surface area contributed by atoms with E-state index in [1.165, 1.54) is 0 Å². The maximum absolute atomic E-state index is 9.66. The molecule has 66 valence electrons. The third kappa shape index (κ3) is 2.43. The van der Waals surface area contributed by atoms with Crippen LogP contribution >= 0.6 is 0 Å². The second-order valence-electron chi connectivity index (χ2n) is 3.80. The van der Waals surface area contributed by atoms with Gasteiger partial charge in [0, 0.05) is 25.7 Å². The van der Waals surface area contributed by atoms with Crippen LogP contribution in [0.25, 0.3) is 0 Å². The molecule has 1 rings (SSSR count). The monoisotopic (exact) mass is 158 g/mol. The minimum atomic E-state index is -0.528. The van der Waals surface area contributed by atoms with Gasteiger partial charge in [0.05, 0.1) is 5.60 Å². The molecule has 0 saturated carbocycles. The van der Waals surface area contributed by atoms with Gasteiger partial charge in [-0.3, -0.25) is 4.90 Å². The number of β-amino-alcohol motifs (C(OH)–C–C–N with tert-alkyl or cyclic N) is 1. The molecule has 1 heterocycles. The lowest BCUT2D eigenvalue weighted by molar-refractivity contribution is -0.00749. The maximum atomic E-state index is 9.66. The zero-order valence-corrected chi connectivity index (χ0v) is 7.38. The van der Waals surface area contributed by atoms with Crippen molar-refractivity contribution in [2.24, 2.45) is 5.73 Å². The van der Waals surface area contributed by atoms with Crippen LogP contribution in [0.2, 0.25) is 0 Å². The average Bonchev–Trinajstić information content (AvgIpc) is 1.84. The summed E-state index contributed by atoms with van der Waals surface area (Å²) in [7, 11) is 0. The van der Waals surface area contributed by atoms with Crippen molar-refractivity contribution in [1.82, 2.24) is 4.90 Å². The molecule has 0 aromatic heterocycles. The Balaban J connectivity index is 2.21. The van der Waals surface area contributed by atoms with Gasteiger partial charge in [0.1, 0.15) is 0 Å². The number of nitrogens with two attached hydrogens (primary N) is 1. The number of rotatable bonds is 3. The van der Waals surface area contributed by atoms with Crippen molar-refractivity contribution in [2.45, 2.75) is 31.9 Å². The molecule has 1 aliphatic rings. The lowest BCUT2D eigenvalue weighted by atomic mass is 10.00. The summed E-state index contributed by atoms with van der Waals surface area (Å²) in [5, 5.41) is 9.66. The Morgan fingerprint density at radius 1 is 1.64 bits per heavy atom. The maximum Gasteiger partial charge on any atom is 0.0743 e. The van der Waals surface area contributed by atoms with Crippen molar-refractivity contribution in [1.29, 1.82) is 0 Å². The average molecular weight is 158 g/mol. The Morgan fingerprint density at radius 3 is 2.55 bits per heavy atom. The summed E-state index contributed by atoms with van der Waals surface area (Å²) in [6.07, 6.45) is 0.804. The highest BCUT2D eigenvalue weighted by atomic mass is 16.3. The third-order valence-electron chi connectivity index (χ3n) is 2.31. The Labute approximate surface area is 68.2 Å². The van der Waals surface area contributed by atoms with E-state index in [4.69, 9.17) is 5.73 Å². The molecule has 1 unspecified atom stereocenters. The SMILES string of the molecule is CCC(C)(O)CN1CC(N)C1. The molecule has 3 N–H and O–H groups in total. The minimum absolute atomic E-state index is 0.336. The normalized spacial score (nSPS) is 26.2. The van der Waals surface area contributed by atoms with Gasteiger partial charge in [-0.15, -0.1) is 0 Å². The van der Waals surface area contributed by atoms with Crippen molar-refractivity contribution < 1.29 is 5.11 Å². The molecular formula is C8H18N2O. The van der Waals surface area contributed by atoms with Crippen molar-refractivity contribution in [3.8, 4) is 0 Å². The molecule has 1 saturated heterocycles. The van der Waals surface area contributed by atoms with Crippen molar-refractivity contribution in [3.05, 3.63) is 0 Å². The van der Waals surface area contributed by atoms with Gasteiger partial charge in [-0.05, 0) is 13.3 Å². The summed E-state index contributed by atoms with van der Waals surface area (Å²) in [6.45, 7) is 6.51. The molecule has 1 atom stereocenters. The number of nitrogens with zero attached hydrogens (tertiary/aromatic N) is 1. The minimum Gasteiger partial charge on any atom is -0.389 e. The van der Waals surface area contributed by atoms with Gasteiger partial charge in [0.25, 0.3) is 0 Å². The largest absolute Gasteiger partial charge is 0.389 e. The smallest absolute Gasteiger partial charge is 0.0743 e. The van der Waals surface area contributed by atoms with Gasteiger partial charge in [0.15, 0.2) is 0 Å². The predicted molar refractivity (Wildman–Crippen MR) is 45.3 cm³/mol. The van der Waals surface area contributed by atoms with Crippen LogP contribution in [0.15, 0.2) is 0 Å². The first-order chi connectivity index (χ1) is 5.03. The summed E-state index contributed by atoms with van der Waals surface area (Å²) < 4.78 is 0. The summed E-state index contributed by atoms with van der Waals surface area (Å²) in [5.41, 5.74) is 5.08. The number of hydrogen-bond acceptors (Lipinski definition) is 3. The molecule has 0 aromatic carbocycles. The van der Waals surface area contributed by atoms with Gasteiger partial charge in [-0.2, -0.15) is 0 Å². The fourth-order valence-corrected chi connectivity index (χ4v) is 1.33. The van der Waals surface area contributed by atoms with Crippen LogP contribution < -0.4 is 5.73 Å². The van der Waals surface area contributed by atoms with Gasteiger partial charge < -0.3 is 10.8 Å². The number of aliphatic hydroxyl groups is 1. The molecule has 11 heavy (non-hydrogen) atoms. The van der Waals surface area contributed by atoms with Gasteiger partial charge in [-0.1, -0.05) is 6.92 Å². The second-order valence-corrected chi connectivity index (χ2v) is 3.80. The highest BCUT2D eigenvalue weighted by Crippen LogP contribution is 2.14. The van der Waals surface area contributed by atoms with Gasteiger partial charge >= 0.3 is 0 Å². The summed E-state index contributed by atoms with van der Waals surface area (Å²) >= 11 is 0. The van der Waals surface area contributed by atoms with Crippen LogP contribution in [0.3, 0.4) is 0 Å². The Hall–Kier alpha value is -0.120. The zero-order chi connectivity index (χ0) is 8.48. The molecule has 1 fully saturated rings. The first-order valence-electron chi connectivity index (χ1n) is 4.24. The summed E-state index contributed by atoms with van der Waals surface area (Å²) in [4.78, 5) is 2.19. The van der Waals surface area contributed by atoms with Crippen molar-refractivity contribution in [3.63, 3.8) is 0 Å². The zero-order valence-electron chi connectivity index (χ0n) is 7.38. The molecule has 1 aliphatic heterocycles. The van der Waals surface area contributed by atoms with E-state index < -0.39 is 5.60 Å². The van der Waals surface area contributed by atoms with Crippen LogP contribution in [-0.4, -0.2) is 41.3 Å². The summed E-state index contributed by atoms with van der Waals surface area (Å²) in [6, 6.07) is 0.336. The van der Waals surface area contributed by atoms with E-state index in [0.29, 0.717) is 6.04 Å². The number of hydrogen-bond donors (Lipinski definition) is 2. The molecule has 0 amide bonds. The third-order valence-corrected chi connectivity index (χ3v) is 2.31. The van der Waals surface area contributed by atoms with Crippen LogP contribution in [0.4, 0.5) is 0 Å². The van der Waals surface area contributed by atoms with E-state index in [1.807, 2.05) is 13.8 Å². The van der Waals surface area contributed by atoms with E-state index in [1.54, 1.807) is 0 Å². The lowest BCUT2D eigenvalue weighted by Crippen LogP contribution is -2.59.